The first-order valence-corrected chi connectivity index (χ1v) is 6.30. The van der Waals surface area contributed by atoms with Crippen molar-refractivity contribution in [3.05, 3.63) is 34.1 Å². The quantitative estimate of drug-likeness (QED) is 0.840. The molecule has 1 heterocycles. The van der Waals surface area contributed by atoms with Crippen LogP contribution in [0.25, 0.3) is 0 Å². The molecular weight excluding hydrogens is 303 g/mol. The monoisotopic (exact) mass is 314 g/mol. The lowest BCUT2D eigenvalue weighted by Gasteiger charge is -2.30. The number of hydrogen-bond acceptors (Lipinski definition) is 3. The predicted octanol–water partition coefficient (Wildman–Crippen LogP) is 1.44. The highest BCUT2D eigenvalue weighted by Gasteiger charge is 2.31. The molecule has 1 saturated heterocycles. The lowest BCUT2D eigenvalue weighted by atomic mass is 10.1. The number of halogens is 2. The fraction of sp³-hybridized carbons (Fsp3) is 0.333. The maximum absolute atomic E-state index is 13.2. The molecule has 1 aromatic rings. The largest absolute Gasteiger partial charge is 0.298 e. The van der Waals surface area contributed by atoms with Crippen molar-refractivity contribution >= 4 is 27.7 Å². The van der Waals surface area contributed by atoms with Crippen molar-refractivity contribution in [3.63, 3.8) is 0 Å². The molecule has 0 saturated carbocycles. The van der Waals surface area contributed by atoms with E-state index in [1.54, 1.807) is 13.0 Å². The third-order valence-electron chi connectivity index (χ3n) is 2.83. The fourth-order valence-electron chi connectivity index (χ4n) is 1.78. The second-order valence-corrected chi connectivity index (χ2v) is 5.01. The fourth-order valence-corrected chi connectivity index (χ4v) is 2.15. The average Bonchev–Trinajstić information content (AvgIpc) is 2.34. The average molecular weight is 315 g/mol. The van der Waals surface area contributed by atoms with E-state index in [1.165, 1.54) is 12.1 Å². The molecule has 1 N–H and O–H groups in total. The molecule has 2 amide bonds. The van der Waals surface area contributed by atoms with Crippen molar-refractivity contribution in [2.75, 3.05) is 6.54 Å². The predicted molar refractivity (Wildman–Crippen MR) is 67.1 cm³/mol. The number of nitrogens with one attached hydrogen (secondary N) is 1. The summed E-state index contributed by atoms with van der Waals surface area (Å²) in [4.78, 5) is 24.7. The van der Waals surface area contributed by atoms with Crippen molar-refractivity contribution in [1.82, 2.24) is 10.2 Å². The molecule has 4 nitrogen and oxygen atoms in total. The lowest BCUT2D eigenvalue weighted by Crippen LogP contribution is -2.56. The highest BCUT2D eigenvalue weighted by molar-refractivity contribution is 9.10. The first kappa shape index (κ1) is 13.2. The number of rotatable bonds is 2. The van der Waals surface area contributed by atoms with Gasteiger partial charge in [-0.1, -0.05) is 15.9 Å². The molecule has 6 heteroatoms. The van der Waals surface area contributed by atoms with Gasteiger partial charge in [-0.2, -0.15) is 0 Å². The van der Waals surface area contributed by atoms with Crippen LogP contribution >= 0.6 is 15.9 Å². The molecular formula is C12H12BrFN2O2. The first-order valence-electron chi connectivity index (χ1n) is 5.50. The van der Waals surface area contributed by atoms with E-state index in [4.69, 9.17) is 0 Å². The molecule has 1 aromatic carbocycles. The van der Waals surface area contributed by atoms with Crippen LogP contribution in [-0.2, 0) is 16.1 Å². The Balaban J connectivity index is 2.24. The number of imide groups is 1. The maximum Gasteiger partial charge on any atom is 0.246 e. The molecule has 96 valence electrons. The van der Waals surface area contributed by atoms with Crippen LogP contribution in [0, 0.1) is 5.82 Å². The van der Waals surface area contributed by atoms with Crippen LogP contribution in [0.3, 0.4) is 0 Å². The molecule has 0 aliphatic carbocycles. The number of nitrogens with zero attached hydrogens (tertiary/aromatic N) is 1. The summed E-state index contributed by atoms with van der Waals surface area (Å²) in [5.41, 5.74) is 0.575. The van der Waals surface area contributed by atoms with Crippen molar-refractivity contribution in [1.29, 1.82) is 0 Å². The summed E-state index contributed by atoms with van der Waals surface area (Å²) < 4.78 is 13.8. The molecule has 0 aromatic heterocycles. The Kier molecular flexibility index (Phi) is 3.77. The summed E-state index contributed by atoms with van der Waals surface area (Å²) in [6.45, 7) is 1.91. The standard InChI is InChI=1S/C12H12BrFN2O2/c1-7-12(18)16(11(17)5-15-7)6-8-4-9(14)2-3-10(8)13/h2-4,7,15H,5-6H2,1H3. The van der Waals surface area contributed by atoms with Gasteiger partial charge in [0.05, 0.1) is 19.1 Å². The van der Waals surface area contributed by atoms with E-state index in [-0.39, 0.29) is 24.9 Å². The number of carbonyl (C=O) groups excluding carboxylic acids is 2. The zero-order valence-electron chi connectivity index (χ0n) is 9.74. The maximum atomic E-state index is 13.2. The second-order valence-electron chi connectivity index (χ2n) is 4.16. The highest BCUT2D eigenvalue weighted by atomic mass is 79.9. The van der Waals surface area contributed by atoms with Gasteiger partial charge in [0.2, 0.25) is 11.8 Å². The van der Waals surface area contributed by atoms with Gasteiger partial charge in [-0.25, -0.2) is 4.39 Å². The zero-order chi connectivity index (χ0) is 13.3. The molecule has 0 bridgehead atoms. The summed E-state index contributed by atoms with van der Waals surface area (Å²) >= 11 is 3.28. The molecule has 1 atom stereocenters. The van der Waals surface area contributed by atoms with Crippen LogP contribution in [0.15, 0.2) is 22.7 Å². The van der Waals surface area contributed by atoms with Gasteiger partial charge >= 0.3 is 0 Å². The minimum Gasteiger partial charge on any atom is -0.298 e. The summed E-state index contributed by atoms with van der Waals surface area (Å²) in [6, 6.07) is 3.80. The van der Waals surface area contributed by atoms with Crippen LogP contribution in [0.4, 0.5) is 4.39 Å². The normalized spacial score (nSPS) is 20.4. The Hall–Kier alpha value is -1.27. The van der Waals surface area contributed by atoms with Crippen LogP contribution in [-0.4, -0.2) is 29.3 Å². The molecule has 1 unspecified atom stereocenters. The van der Waals surface area contributed by atoms with E-state index < -0.39 is 11.9 Å². The van der Waals surface area contributed by atoms with Crippen LogP contribution in [0.5, 0.6) is 0 Å². The molecule has 1 aliphatic heterocycles. The molecule has 2 rings (SSSR count). The van der Waals surface area contributed by atoms with Gasteiger partial charge in [-0.15, -0.1) is 0 Å². The zero-order valence-corrected chi connectivity index (χ0v) is 11.3. The van der Waals surface area contributed by atoms with Crippen molar-refractivity contribution in [3.8, 4) is 0 Å². The number of amides is 2. The summed E-state index contributed by atoms with van der Waals surface area (Å²) in [6.07, 6.45) is 0. The third-order valence-corrected chi connectivity index (χ3v) is 3.61. The first-order chi connectivity index (χ1) is 8.49. The summed E-state index contributed by atoms with van der Waals surface area (Å²) in [5.74, 6) is -0.979. The van der Waals surface area contributed by atoms with E-state index in [1.807, 2.05) is 0 Å². The third kappa shape index (κ3) is 2.59. The molecule has 18 heavy (non-hydrogen) atoms. The van der Waals surface area contributed by atoms with E-state index in [0.717, 1.165) is 4.90 Å². The van der Waals surface area contributed by atoms with Crippen molar-refractivity contribution in [2.24, 2.45) is 0 Å². The lowest BCUT2D eigenvalue weighted by molar-refractivity contribution is -0.149. The van der Waals surface area contributed by atoms with E-state index in [0.29, 0.717) is 10.0 Å². The summed E-state index contributed by atoms with van der Waals surface area (Å²) in [7, 11) is 0. The molecule has 0 radical (unpaired) electrons. The Labute approximate surface area is 112 Å². The van der Waals surface area contributed by atoms with E-state index in [2.05, 4.69) is 21.2 Å². The second kappa shape index (κ2) is 5.16. The minimum absolute atomic E-state index is 0.0853. The molecule has 1 fully saturated rings. The number of piperazine rings is 1. The van der Waals surface area contributed by atoms with Gasteiger partial charge in [-0.05, 0) is 30.7 Å². The molecule has 1 aliphatic rings. The minimum atomic E-state index is -0.393. The Bertz CT molecular complexity index is 507. The highest BCUT2D eigenvalue weighted by Crippen LogP contribution is 2.20. The van der Waals surface area contributed by atoms with Crippen LogP contribution < -0.4 is 5.32 Å². The van der Waals surface area contributed by atoms with Gasteiger partial charge in [0.25, 0.3) is 0 Å². The summed E-state index contributed by atoms with van der Waals surface area (Å²) in [5, 5.41) is 2.80. The van der Waals surface area contributed by atoms with Crippen molar-refractivity contribution in [2.45, 2.75) is 19.5 Å². The number of carbonyl (C=O) groups is 2. The topological polar surface area (TPSA) is 49.4 Å². The van der Waals surface area contributed by atoms with Gasteiger partial charge < -0.3 is 0 Å². The van der Waals surface area contributed by atoms with Gasteiger partial charge in [0.1, 0.15) is 5.82 Å². The molecule has 0 spiro atoms. The Morgan fingerprint density at radius 2 is 2.22 bits per heavy atom. The SMILES string of the molecule is CC1NCC(=O)N(Cc2cc(F)ccc2Br)C1=O. The van der Waals surface area contributed by atoms with Crippen LogP contribution in [0.2, 0.25) is 0 Å². The van der Waals surface area contributed by atoms with Gasteiger partial charge in [-0.3, -0.25) is 19.8 Å². The Morgan fingerprint density at radius 1 is 1.50 bits per heavy atom. The van der Waals surface area contributed by atoms with E-state index in [9.17, 15) is 14.0 Å². The number of benzene rings is 1. The van der Waals surface area contributed by atoms with Gasteiger partial charge in [0, 0.05) is 4.47 Å². The smallest absolute Gasteiger partial charge is 0.246 e. The van der Waals surface area contributed by atoms with E-state index >= 15 is 0 Å². The van der Waals surface area contributed by atoms with Crippen LogP contribution in [0.1, 0.15) is 12.5 Å². The number of hydrogen-bond donors (Lipinski definition) is 1. The van der Waals surface area contributed by atoms with Gasteiger partial charge in [0.15, 0.2) is 0 Å². The Morgan fingerprint density at radius 3 is 2.94 bits per heavy atom. The van der Waals surface area contributed by atoms with Crippen molar-refractivity contribution < 1.29 is 14.0 Å².